The molecule has 9 heteroatoms. The van der Waals surface area contributed by atoms with E-state index in [1.165, 1.54) is 6.07 Å². The normalized spacial score (nSPS) is 12.7. The second-order valence-corrected chi connectivity index (χ2v) is 8.32. The molecule has 1 heterocycles. The van der Waals surface area contributed by atoms with Gasteiger partial charge < -0.3 is 19.5 Å². The second kappa shape index (κ2) is 7.43. The van der Waals surface area contributed by atoms with Crippen LogP contribution in [0.5, 0.6) is 17.2 Å². The van der Waals surface area contributed by atoms with Crippen LogP contribution >= 0.6 is 11.6 Å². The third-order valence-corrected chi connectivity index (χ3v) is 4.69. The monoisotopic (exact) mass is 397 g/mol. The van der Waals surface area contributed by atoms with Crippen molar-refractivity contribution in [3.8, 4) is 17.2 Å². The van der Waals surface area contributed by atoms with Crippen LogP contribution in [-0.2, 0) is 9.84 Å². The molecular weight excluding hydrogens is 382 g/mol. The lowest BCUT2D eigenvalue weighted by atomic mass is 10.2. The zero-order chi connectivity index (χ0) is 18.7. The van der Waals surface area contributed by atoms with E-state index in [9.17, 15) is 13.2 Å². The van der Waals surface area contributed by atoms with Crippen LogP contribution in [0.25, 0.3) is 0 Å². The topological polar surface area (TPSA) is 90.9 Å². The first-order valence-corrected chi connectivity index (χ1v) is 10.1. The number of nitrogens with one attached hydrogen (secondary N) is 1. The lowest BCUT2D eigenvalue weighted by molar-refractivity contribution is 0.102. The molecule has 3 rings (SSSR count). The molecule has 0 aliphatic carbocycles. The molecule has 1 amide bonds. The fourth-order valence-corrected chi connectivity index (χ4v) is 2.93. The van der Waals surface area contributed by atoms with E-state index < -0.39 is 9.84 Å². The highest BCUT2D eigenvalue weighted by atomic mass is 35.5. The largest absolute Gasteiger partial charge is 0.492 e. The van der Waals surface area contributed by atoms with Crippen molar-refractivity contribution in [3.63, 3.8) is 0 Å². The van der Waals surface area contributed by atoms with Gasteiger partial charge in [0.15, 0.2) is 21.3 Å². The van der Waals surface area contributed by atoms with Gasteiger partial charge in [-0.1, -0.05) is 17.7 Å². The van der Waals surface area contributed by atoms with Gasteiger partial charge in [0.2, 0.25) is 6.79 Å². The number of ether oxygens (including phenoxy) is 3. The average molecular weight is 398 g/mol. The molecule has 138 valence electrons. The minimum Gasteiger partial charge on any atom is -0.492 e. The fraction of sp³-hybridized carbons (Fsp3) is 0.235. The average Bonchev–Trinajstić information content (AvgIpc) is 3.03. The summed E-state index contributed by atoms with van der Waals surface area (Å²) in [6.07, 6.45) is 1.14. The summed E-state index contributed by atoms with van der Waals surface area (Å²) in [5, 5.41) is 3.03. The van der Waals surface area contributed by atoms with Gasteiger partial charge in [-0.15, -0.1) is 0 Å². The molecule has 0 unspecified atom stereocenters. The van der Waals surface area contributed by atoms with E-state index in [2.05, 4.69) is 5.32 Å². The summed E-state index contributed by atoms with van der Waals surface area (Å²) in [4.78, 5) is 12.4. The van der Waals surface area contributed by atoms with Crippen molar-refractivity contribution >= 4 is 33.0 Å². The standard InChI is InChI=1S/C17H16ClNO6S/c1-26(21,22)6-5-23-13-4-2-3-12(9-13)19-17(20)11-7-14(18)16-15(8-11)24-10-25-16/h2-4,7-9H,5-6,10H2,1H3,(H,19,20). The van der Waals surface area contributed by atoms with Crippen LogP contribution in [-0.4, -0.2) is 39.7 Å². The van der Waals surface area contributed by atoms with Gasteiger partial charge in [-0.3, -0.25) is 4.79 Å². The summed E-state index contributed by atoms with van der Waals surface area (Å²) in [5.41, 5.74) is 0.822. The number of benzene rings is 2. The first-order chi connectivity index (χ1) is 12.3. The Morgan fingerprint density at radius 3 is 2.85 bits per heavy atom. The molecule has 2 aromatic rings. The molecule has 0 atom stereocenters. The Labute approximate surface area is 155 Å². The van der Waals surface area contributed by atoms with Gasteiger partial charge >= 0.3 is 0 Å². The zero-order valence-electron chi connectivity index (χ0n) is 13.8. The SMILES string of the molecule is CS(=O)(=O)CCOc1cccc(NC(=O)c2cc(Cl)c3c(c2)OCO3)c1. The maximum absolute atomic E-state index is 12.4. The Kier molecular flexibility index (Phi) is 5.24. The second-order valence-electron chi connectivity index (χ2n) is 5.65. The summed E-state index contributed by atoms with van der Waals surface area (Å²) in [6.45, 7) is 0.0982. The first kappa shape index (κ1) is 18.3. The van der Waals surface area contributed by atoms with E-state index in [1.54, 1.807) is 30.3 Å². The van der Waals surface area contributed by atoms with Crippen molar-refractivity contribution in [1.29, 1.82) is 0 Å². The summed E-state index contributed by atoms with van der Waals surface area (Å²) in [6, 6.07) is 9.71. The molecule has 26 heavy (non-hydrogen) atoms. The molecule has 1 aliphatic heterocycles. The number of amides is 1. The molecule has 0 saturated carbocycles. The number of sulfone groups is 1. The number of fused-ring (bicyclic) bond motifs is 1. The molecule has 0 fully saturated rings. The minimum absolute atomic E-state index is 0.0357. The predicted molar refractivity (Wildman–Crippen MR) is 97.2 cm³/mol. The Morgan fingerprint density at radius 2 is 2.08 bits per heavy atom. The molecule has 1 aliphatic rings. The number of halogens is 1. The number of hydrogen-bond donors (Lipinski definition) is 1. The Hall–Kier alpha value is -2.45. The number of carbonyl (C=O) groups excluding carboxylic acids is 1. The third kappa shape index (κ3) is 4.59. The Balaban J connectivity index is 1.68. The van der Waals surface area contributed by atoms with Crippen molar-refractivity contribution in [2.24, 2.45) is 0 Å². The van der Waals surface area contributed by atoms with E-state index in [0.717, 1.165) is 6.26 Å². The molecule has 2 aromatic carbocycles. The molecule has 0 bridgehead atoms. The van der Waals surface area contributed by atoms with E-state index >= 15 is 0 Å². The van der Waals surface area contributed by atoms with Crippen molar-refractivity contribution < 1.29 is 27.4 Å². The lowest BCUT2D eigenvalue weighted by Crippen LogP contribution is -2.13. The minimum atomic E-state index is -3.10. The highest BCUT2D eigenvalue weighted by Crippen LogP contribution is 2.39. The molecule has 0 saturated heterocycles. The van der Waals surface area contributed by atoms with Crippen molar-refractivity contribution in [2.45, 2.75) is 0 Å². The van der Waals surface area contributed by atoms with Crippen molar-refractivity contribution in [1.82, 2.24) is 0 Å². The number of carbonyl (C=O) groups is 1. The van der Waals surface area contributed by atoms with Crippen molar-refractivity contribution in [3.05, 3.63) is 47.0 Å². The molecule has 7 nitrogen and oxygen atoms in total. The van der Waals surface area contributed by atoms with Crippen LogP contribution in [0.1, 0.15) is 10.4 Å². The summed E-state index contributed by atoms with van der Waals surface area (Å²) in [7, 11) is -3.10. The van der Waals surface area contributed by atoms with Crippen LogP contribution in [0, 0.1) is 0 Å². The first-order valence-electron chi connectivity index (χ1n) is 7.63. The lowest BCUT2D eigenvalue weighted by Gasteiger charge is -2.10. The Bertz CT molecular complexity index is 944. The van der Waals surface area contributed by atoms with Crippen LogP contribution < -0.4 is 19.5 Å². The Morgan fingerprint density at radius 1 is 1.27 bits per heavy atom. The van der Waals surface area contributed by atoms with Gasteiger partial charge in [0.05, 0.1) is 10.8 Å². The van der Waals surface area contributed by atoms with E-state index in [-0.39, 0.29) is 25.1 Å². The molecular formula is C17H16ClNO6S. The smallest absolute Gasteiger partial charge is 0.255 e. The molecule has 0 radical (unpaired) electrons. The van der Waals surface area contributed by atoms with E-state index in [4.69, 9.17) is 25.8 Å². The molecule has 0 aromatic heterocycles. The van der Waals surface area contributed by atoms with E-state index in [0.29, 0.717) is 33.5 Å². The van der Waals surface area contributed by atoms with Gasteiger partial charge in [0.25, 0.3) is 5.91 Å². The van der Waals surface area contributed by atoms with Gasteiger partial charge in [-0.2, -0.15) is 0 Å². The summed E-state index contributed by atoms with van der Waals surface area (Å²) >= 11 is 6.09. The molecule has 0 spiro atoms. The number of anilines is 1. The number of hydrogen-bond acceptors (Lipinski definition) is 6. The zero-order valence-corrected chi connectivity index (χ0v) is 15.4. The number of rotatable bonds is 6. The van der Waals surface area contributed by atoms with Gasteiger partial charge in [-0.05, 0) is 24.3 Å². The highest BCUT2D eigenvalue weighted by molar-refractivity contribution is 7.90. The molecule has 1 N–H and O–H groups in total. The van der Waals surface area contributed by atoms with Gasteiger partial charge in [0, 0.05) is 23.6 Å². The maximum atomic E-state index is 12.4. The van der Waals surface area contributed by atoms with Crippen LogP contribution in [0.15, 0.2) is 36.4 Å². The third-order valence-electron chi connectivity index (χ3n) is 3.50. The van der Waals surface area contributed by atoms with Crippen molar-refractivity contribution in [2.75, 3.05) is 30.7 Å². The fourth-order valence-electron chi connectivity index (χ4n) is 2.28. The summed E-state index contributed by atoms with van der Waals surface area (Å²) < 4.78 is 38.1. The van der Waals surface area contributed by atoms with Gasteiger partial charge in [0.1, 0.15) is 12.4 Å². The maximum Gasteiger partial charge on any atom is 0.255 e. The van der Waals surface area contributed by atoms with Crippen LogP contribution in [0.2, 0.25) is 5.02 Å². The van der Waals surface area contributed by atoms with Crippen LogP contribution in [0.3, 0.4) is 0 Å². The van der Waals surface area contributed by atoms with Gasteiger partial charge in [-0.25, -0.2) is 8.42 Å². The highest BCUT2D eigenvalue weighted by Gasteiger charge is 2.20. The summed E-state index contributed by atoms with van der Waals surface area (Å²) in [5.74, 6) is 0.831. The quantitative estimate of drug-likeness (QED) is 0.805. The van der Waals surface area contributed by atoms with E-state index in [1.807, 2.05) is 0 Å². The van der Waals surface area contributed by atoms with Crippen LogP contribution in [0.4, 0.5) is 5.69 Å². The predicted octanol–water partition coefficient (Wildman–Crippen LogP) is 2.74.